The Morgan fingerprint density at radius 1 is 1.31 bits per heavy atom. The average molecular weight is 384 g/mol. The largest absolute Gasteiger partial charge is 0.481 e. The molecule has 1 N–H and O–H groups in total. The quantitative estimate of drug-likeness (QED) is 0.782. The minimum absolute atomic E-state index is 0.0592. The van der Waals surface area contributed by atoms with Gasteiger partial charge in [0.25, 0.3) is 10.0 Å². The maximum atomic E-state index is 12.7. The normalized spacial score (nSPS) is 10.9. The number of aromatic nitrogens is 4. The Kier molecular flexibility index (Phi) is 5.71. The maximum absolute atomic E-state index is 12.7. The molecule has 0 unspecified atom stereocenters. The zero-order valence-electron chi connectivity index (χ0n) is 14.1. The highest BCUT2D eigenvalue weighted by atomic mass is 32.2. The number of aryl methyl sites for hydroxylation is 1. The molecule has 2 aromatic heterocycles. The first-order chi connectivity index (χ1) is 12.3. The molecule has 0 aliphatic rings. The Bertz CT molecular complexity index is 911. The Labute approximate surface area is 148 Å². The summed E-state index contributed by atoms with van der Waals surface area (Å²) in [7, 11) is -1.89. The molecule has 13 heteroatoms. The van der Waals surface area contributed by atoms with Crippen LogP contribution in [0.2, 0.25) is 0 Å². The third-order valence-electron chi connectivity index (χ3n) is 2.96. The summed E-state index contributed by atoms with van der Waals surface area (Å²) in [6, 6.07) is 1.24. The van der Waals surface area contributed by atoms with Crippen molar-refractivity contribution in [1.29, 1.82) is 0 Å². The molecule has 0 saturated heterocycles. The number of rotatable bonds is 5. The second-order valence-corrected chi connectivity index (χ2v) is 6.35. The Balaban J connectivity index is 2.39. The lowest BCUT2D eigenvalue weighted by Crippen LogP contribution is -2.45. The van der Waals surface area contributed by atoms with Gasteiger partial charge >= 0.3 is 12.1 Å². The third-order valence-corrected chi connectivity index (χ3v) is 4.68. The predicted octanol–water partition coefficient (Wildman–Crippen LogP) is 0.598. The number of hydrogen-bond donors (Lipinski definition) is 1. The van der Waals surface area contributed by atoms with Gasteiger partial charge in [0.05, 0.1) is 19.9 Å². The molecule has 0 atom stereocenters. The first-order valence-corrected chi connectivity index (χ1v) is 8.63. The van der Waals surface area contributed by atoms with Gasteiger partial charge in [-0.3, -0.25) is 10.00 Å². The minimum Gasteiger partial charge on any atom is -0.481 e. The van der Waals surface area contributed by atoms with Crippen LogP contribution in [-0.4, -0.2) is 58.3 Å². The van der Waals surface area contributed by atoms with Gasteiger partial charge in [0.1, 0.15) is 0 Å². The van der Waals surface area contributed by atoms with Crippen LogP contribution in [0.4, 0.5) is 15.5 Å². The fraction of sp³-hybridized carbons (Fsp3) is 0.308. The first-order valence-electron chi connectivity index (χ1n) is 7.19. The zero-order valence-corrected chi connectivity index (χ0v) is 14.9. The standard InChI is InChI=1S/C13H16N6O6S/c1-4-25-13(21)19(26(22,23)10-6-8-15-18(10)2)12(20)17-11-14-7-5-9(16-11)24-3/h5-8H,4H2,1-3H3,(H,14,16,17,20). The van der Waals surface area contributed by atoms with Gasteiger partial charge in [-0.05, 0) is 13.0 Å². The first kappa shape index (κ1) is 19.1. The number of anilines is 1. The zero-order chi connectivity index (χ0) is 19.3. The van der Waals surface area contributed by atoms with Crippen molar-refractivity contribution in [1.82, 2.24) is 24.1 Å². The van der Waals surface area contributed by atoms with E-state index in [2.05, 4.69) is 25.1 Å². The van der Waals surface area contributed by atoms with Crippen LogP contribution in [0.5, 0.6) is 5.88 Å². The van der Waals surface area contributed by atoms with E-state index in [1.165, 1.54) is 39.5 Å². The van der Waals surface area contributed by atoms with Gasteiger partial charge in [-0.1, -0.05) is 0 Å². The Hall–Kier alpha value is -3.22. The number of sulfonamides is 1. The summed E-state index contributed by atoms with van der Waals surface area (Å²) in [5.74, 6) is -0.128. The minimum atomic E-state index is -4.58. The summed E-state index contributed by atoms with van der Waals surface area (Å²) in [5, 5.41) is 5.46. The van der Waals surface area contributed by atoms with Gasteiger partial charge in [0.2, 0.25) is 11.8 Å². The van der Waals surface area contributed by atoms with Crippen LogP contribution >= 0.6 is 0 Å². The van der Waals surface area contributed by atoms with E-state index in [9.17, 15) is 18.0 Å². The summed E-state index contributed by atoms with van der Waals surface area (Å²) in [4.78, 5) is 32.2. The molecule has 140 valence electrons. The van der Waals surface area contributed by atoms with Gasteiger partial charge in [-0.2, -0.15) is 18.5 Å². The summed E-state index contributed by atoms with van der Waals surface area (Å²) in [6.45, 7) is 1.33. The lowest BCUT2D eigenvalue weighted by Gasteiger charge is -2.19. The highest BCUT2D eigenvalue weighted by Crippen LogP contribution is 2.17. The van der Waals surface area contributed by atoms with Gasteiger partial charge in [-0.15, -0.1) is 4.31 Å². The molecule has 2 aromatic rings. The monoisotopic (exact) mass is 384 g/mol. The predicted molar refractivity (Wildman–Crippen MR) is 86.9 cm³/mol. The number of imide groups is 1. The Morgan fingerprint density at radius 2 is 2.04 bits per heavy atom. The van der Waals surface area contributed by atoms with Crippen LogP contribution in [-0.2, 0) is 21.8 Å². The number of nitrogens with one attached hydrogen (secondary N) is 1. The van der Waals surface area contributed by atoms with Crippen molar-refractivity contribution in [3.63, 3.8) is 0 Å². The second-order valence-electron chi connectivity index (χ2n) is 4.61. The number of nitrogens with zero attached hydrogens (tertiary/aromatic N) is 5. The van der Waals surface area contributed by atoms with Crippen LogP contribution < -0.4 is 10.1 Å². The number of carbonyl (C=O) groups is 2. The van der Waals surface area contributed by atoms with Gasteiger partial charge in [-0.25, -0.2) is 14.6 Å². The number of amides is 3. The van der Waals surface area contributed by atoms with Crippen LogP contribution in [0.1, 0.15) is 6.92 Å². The van der Waals surface area contributed by atoms with E-state index in [-0.39, 0.29) is 27.8 Å². The fourth-order valence-corrected chi connectivity index (χ4v) is 3.16. The molecule has 0 bridgehead atoms. The van der Waals surface area contributed by atoms with E-state index < -0.39 is 22.1 Å². The molecule has 0 aliphatic carbocycles. The van der Waals surface area contributed by atoms with Crippen molar-refractivity contribution in [2.45, 2.75) is 11.9 Å². The maximum Gasteiger partial charge on any atom is 0.432 e. The fourth-order valence-electron chi connectivity index (χ4n) is 1.84. The van der Waals surface area contributed by atoms with Crippen molar-refractivity contribution in [3.05, 3.63) is 24.5 Å². The molecule has 0 radical (unpaired) electrons. The number of carbonyl (C=O) groups excluding carboxylic acids is 2. The molecule has 0 saturated carbocycles. The summed E-state index contributed by atoms with van der Waals surface area (Å²) >= 11 is 0. The van der Waals surface area contributed by atoms with E-state index >= 15 is 0 Å². The summed E-state index contributed by atoms with van der Waals surface area (Å²) < 4.78 is 36.0. The SMILES string of the molecule is CCOC(=O)N(C(=O)Nc1nccc(OC)n1)S(=O)(=O)c1ccnn1C. The molecule has 2 rings (SSSR count). The lowest BCUT2D eigenvalue weighted by molar-refractivity contribution is 0.136. The second kappa shape index (κ2) is 7.77. The van der Waals surface area contributed by atoms with Gasteiger partial charge < -0.3 is 9.47 Å². The highest BCUT2D eigenvalue weighted by Gasteiger charge is 2.39. The van der Waals surface area contributed by atoms with Crippen molar-refractivity contribution in [3.8, 4) is 5.88 Å². The number of methoxy groups -OCH3 is 1. The highest BCUT2D eigenvalue weighted by molar-refractivity contribution is 7.90. The molecule has 0 spiro atoms. The van der Waals surface area contributed by atoms with Crippen molar-refractivity contribution in [2.75, 3.05) is 19.0 Å². The van der Waals surface area contributed by atoms with E-state index in [4.69, 9.17) is 4.74 Å². The molecule has 26 heavy (non-hydrogen) atoms. The van der Waals surface area contributed by atoms with E-state index in [1.807, 2.05) is 0 Å². The van der Waals surface area contributed by atoms with Crippen molar-refractivity contribution >= 4 is 28.1 Å². The van der Waals surface area contributed by atoms with Crippen LogP contribution in [0, 0.1) is 0 Å². The lowest BCUT2D eigenvalue weighted by atomic mass is 10.6. The molecular formula is C13H16N6O6S. The topological polar surface area (TPSA) is 146 Å². The van der Waals surface area contributed by atoms with E-state index in [0.717, 1.165) is 10.7 Å². The number of ether oxygens (including phenoxy) is 2. The van der Waals surface area contributed by atoms with Gasteiger partial charge in [0, 0.05) is 19.3 Å². The number of hydrogen-bond acceptors (Lipinski definition) is 9. The summed E-state index contributed by atoms with van der Waals surface area (Å²) in [6.07, 6.45) is 1.11. The van der Waals surface area contributed by atoms with Gasteiger partial charge in [0.15, 0.2) is 5.03 Å². The van der Waals surface area contributed by atoms with Crippen LogP contribution in [0.25, 0.3) is 0 Å². The molecule has 0 aromatic carbocycles. The third kappa shape index (κ3) is 3.88. The molecule has 0 fully saturated rings. The smallest absolute Gasteiger partial charge is 0.432 e. The molecule has 2 heterocycles. The van der Waals surface area contributed by atoms with Crippen molar-refractivity contribution in [2.24, 2.45) is 7.05 Å². The number of urea groups is 1. The molecular weight excluding hydrogens is 368 g/mol. The molecule has 12 nitrogen and oxygen atoms in total. The van der Waals surface area contributed by atoms with Crippen LogP contribution in [0.3, 0.4) is 0 Å². The van der Waals surface area contributed by atoms with E-state index in [1.54, 1.807) is 0 Å². The average Bonchev–Trinajstić information content (AvgIpc) is 3.02. The van der Waals surface area contributed by atoms with E-state index in [0.29, 0.717) is 0 Å². The Morgan fingerprint density at radius 3 is 2.62 bits per heavy atom. The molecule has 0 aliphatic heterocycles. The van der Waals surface area contributed by atoms with Crippen molar-refractivity contribution < 1.29 is 27.5 Å². The van der Waals surface area contributed by atoms with Crippen LogP contribution in [0.15, 0.2) is 29.6 Å². The summed E-state index contributed by atoms with van der Waals surface area (Å²) in [5.41, 5.74) is 0. The molecule has 3 amide bonds.